The van der Waals surface area contributed by atoms with Crippen LogP contribution < -0.4 is 4.90 Å². The maximum absolute atomic E-state index is 13.6. The molecule has 1 aromatic heterocycles. The normalized spacial score (nSPS) is 25.8. The van der Waals surface area contributed by atoms with Crippen molar-refractivity contribution in [1.29, 1.82) is 0 Å². The van der Waals surface area contributed by atoms with Crippen LogP contribution in [0.1, 0.15) is 38.3 Å². The fourth-order valence-corrected chi connectivity index (χ4v) is 8.37. The summed E-state index contributed by atoms with van der Waals surface area (Å²) in [5.74, 6) is -0.205. The molecule has 2 saturated carbocycles. The van der Waals surface area contributed by atoms with Gasteiger partial charge in [-0.25, -0.2) is 9.78 Å². The van der Waals surface area contributed by atoms with Gasteiger partial charge in [-0.3, -0.25) is 19.3 Å². The number of ketones is 1. The maximum atomic E-state index is 13.6. The first kappa shape index (κ1) is 28.1. The van der Waals surface area contributed by atoms with Crippen LogP contribution in [0.2, 0.25) is 0 Å². The number of pyridine rings is 1. The third-order valence-electron chi connectivity index (χ3n) is 10.1. The van der Waals surface area contributed by atoms with E-state index in [1.54, 1.807) is 30.3 Å². The summed E-state index contributed by atoms with van der Waals surface area (Å²) >= 11 is 3.52. The van der Waals surface area contributed by atoms with E-state index in [1.165, 1.54) is 4.90 Å². The number of amides is 2. The van der Waals surface area contributed by atoms with E-state index >= 15 is 0 Å². The van der Waals surface area contributed by atoms with Crippen molar-refractivity contribution in [2.24, 2.45) is 35.5 Å². The number of aryl methyl sites for hydroxylation is 2. The summed E-state index contributed by atoms with van der Waals surface area (Å²) in [6, 6.07) is 19.7. The molecular formula is C37H29BrN2O5. The predicted molar refractivity (Wildman–Crippen MR) is 173 cm³/mol. The van der Waals surface area contributed by atoms with E-state index in [0.29, 0.717) is 45.2 Å². The second-order valence-corrected chi connectivity index (χ2v) is 13.7. The van der Waals surface area contributed by atoms with Gasteiger partial charge in [0.05, 0.1) is 34.3 Å². The lowest BCUT2D eigenvalue weighted by atomic mass is 9.63. The van der Waals surface area contributed by atoms with Crippen molar-refractivity contribution >= 4 is 56.1 Å². The molecule has 7 nitrogen and oxygen atoms in total. The number of rotatable bonds is 6. The van der Waals surface area contributed by atoms with Gasteiger partial charge in [-0.05, 0) is 79.8 Å². The summed E-state index contributed by atoms with van der Waals surface area (Å²) in [6.45, 7) is 3.47. The first-order valence-electron chi connectivity index (χ1n) is 15.2. The number of fused-ring (bicyclic) bond motifs is 1. The average molecular weight is 662 g/mol. The maximum Gasteiger partial charge on any atom is 0.339 e. The fourth-order valence-electron chi connectivity index (χ4n) is 7.80. The number of ether oxygens (including phenoxy) is 1. The third-order valence-corrected chi connectivity index (χ3v) is 10.5. The molecular weight excluding hydrogens is 632 g/mol. The standard InChI is InChI=1S/C37H29BrN2O5/c1-18-3-5-21(6-4-18)31(41)17-45-37(44)29-16-30(39-34-19(2)13-22(38)14-28(29)34)20-7-9-23(10-8-20)40-35(42)32-24-11-12-25(27-15-26(24)27)33(32)36(40)43/h3-14,16,24-27,32-33H,15,17H2,1-2H3. The van der Waals surface area contributed by atoms with Crippen LogP contribution in [0.3, 0.4) is 0 Å². The highest BCUT2D eigenvalue weighted by molar-refractivity contribution is 9.10. The van der Waals surface area contributed by atoms with E-state index in [0.717, 1.165) is 22.0 Å². The van der Waals surface area contributed by atoms with E-state index in [-0.39, 0.29) is 53.4 Å². The minimum absolute atomic E-state index is 0.0994. The zero-order valence-corrected chi connectivity index (χ0v) is 26.3. The number of allylic oxidation sites excluding steroid dienone is 2. The SMILES string of the molecule is Cc1ccc(C(=O)COC(=O)c2cc(-c3ccc(N4C(=O)C5C6C=CC(C7CC67)C5C4=O)cc3)nc3c(C)cc(Br)cc23)cc1. The molecule has 45 heavy (non-hydrogen) atoms. The molecule has 4 aliphatic carbocycles. The molecule has 6 atom stereocenters. The molecule has 0 radical (unpaired) electrons. The summed E-state index contributed by atoms with van der Waals surface area (Å²) < 4.78 is 6.31. The van der Waals surface area contributed by atoms with Crippen molar-refractivity contribution in [2.75, 3.05) is 11.5 Å². The van der Waals surface area contributed by atoms with Gasteiger partial charge in [0.25, 0.3) is 0 Å². The minimum atomic E-state index is -0.629. The van der Waals surface area contributed by atoms with Gasteiger partial charge in [0.15, 0.2) is 12.4 Å². The number of aromatic nitrogens is 1. The molecule has 1 saturated heterocycles. The first-order chi connectivity index (χ1) is 21.7. The smallest absolute Gasteiger partial charge is 0.339 e. The molecule has 224 valence electrons. The second kappa shape index (κ2) is 10.3. The molecule has 4 aromatic rings. The number of nitrogens with zero attached hydrogens (tertiary/aromatic N) is 2. The number of hydrogen-bond donors (Lipinski definition) is 0. The van der Waals surface area contributed by atoms with Gasteiger partial charge < -0.3 is 4.74 Å². The van der Waals surface area contributed by atoms with Crippen molar-refractivity contribution in [3.63, 3.8) is 0 Å². The number of hydrogen-bond acceptors (Lipinski definition) is 6. The first-order valence-corrected chi connectivity index (χ1v) is 16.0. The zero-order valence-electron chi connectivity index (χ0n) is 24.7. The van der Waals surface area contributed by atoms with Crippen LogP contribution in [0.4, 0.5) is 5.69 Å². The molecule has 2 bridgehead atoms. The van der Waals surface area contributed by atoms with Crippen LogP contribution in [0, 0.1) is 49.4 Å². The Kier molecular flexibility index (Phi) is 6.43. The Bertz CT molecular complexity index is 1950. The number of carbonyl (C=O) groups excluding carboxylic acids is 4. The summed E-state index contributed by atoms with van der Waals surface area (Å²) in [6.07, 6.45) is 5.47. The Balaban J connectivity index is 1.09. The molecule has 0 N–H and O–H groups in total. The Morgan fingerprint density at radius 2 is 1.53 bits per heavy atom. The lowest BCUT2D eigenvalue weighted by Gasteiger charge is -2.37. The molecule has 2 heterocycles. The van der Waals surface area contributed by atoms with Gasteiger partial charge in [-0.15, -0.1) is 0 Å². The molecule has 0 spiro atoms. The summed E-state index contributed by atoms with van der Waals surface area (Å²) in [5.41, 5.74) is 5.08. The lowest BCUT2D eigenvalue weighted by molar-refractivity contribution is -0.124. The zero-order chi connectivity index (χ0) is 31.1. The highest BCUT2D eigenvalue weighted by Gasteiger charge is 2.67. The van der Waals surface area contributed by atoms with Crippen molar-refractivity contribution in [1.82, 2.24) is 4.98 Å². The van der Waals surface area contributed by atoms with Gasteiger partial charge in [0.2, 0.25) is 11.8 Å². The van der Waals surface area contributed by atoms with Crippen LogP contribution in [0.5, 0.6) is 0 Å². The highest BCUT2D eigenvalue weighted by atomic mass is 79.9. The number of esters is 1. The van der Waals surface area contributed by atoms with Gasteiger partial charge in [-0.1, -0.05) is 70.0 Å². The molecule has 1 aliphatic heterocycles. The molecule has 3 aromatic carbocycles. The van der Waals surface area contributed by atoms with Crippen LogP contribution in [-0.2, 0) is 14.3 Å². The Morgan fingerprint density at radius 3 is 2.18 bits per heavy atom. The monoisotopic (exact) mass is 660 g/mol. The van der Waals surface area contributed by atoms with Gasteiger partial charge in [-0.2, -0.15) is 0 Å². The molecule has 9 rings (SSSR count). The predicted octanol–water partition coefficient (Wildman–Crippen LogP) is 6.88. The number of anilines is 1. The van der Waals surface area contributed by atoms with Gasteiger partial charge in [0.1, 0.15) is 0 Å². The number of benzene rings is 3. The Hall–Kier alpha value is -4.43. The molecule has 3 fully saturated rings. The van der Waals surface area contributed by atoms with Crippen LogP contribution in [0.25, 0.3) is 22.2 Å². The summed E-state index contributed by atoms with van der Waals surface area (Å²) in [4.78, 5) is 59.6. The van der Waals surface area contributed by atoms with Crippen LogP contribution in [-0.4, -0.2) is 35.2 Å². The molecule has 6 unspecified atom stereocenters. The quantitative estimate of drug-likeness (QED) is 0.0969. The summed E-state index contributed by atoms with van der Waals surface area (Å²) in [5, 5.41) is 0.604. The number of carbonyl (C=O) groups is 4. The van der Waals surface area contributed by atoms with E-state index in [9.17, 15) is 19.2 Å². The van der Waals surface area contributed by atoms with Crippen molar-refractivity contribution in [2.45, 2.75) is 20.3 Å². The van der Waals surface area contributed by atoms with Gasteiger partial charge >= 0.3 is 5.97 Å². The fraction of sp³-hybridized carbons (Fsp3) is 0.270. The highest BCUT2D eigenvalue weighted by Crippen LogP contribution is 2.65. The minimum Gasteiger partial charge on any atom is -0.454 e. The van der Waals surface area contributed by atoms with Crippen molar-refractivity contribution in [3.05, 3.63) is 106 Å². The molecule has 8 heteroatoms. The number of Topliss-reactive ketones (excluding diaryl/α,β-unsaturated/α-hetero) is 1. The lowest BCUT2D eigenvalue weighted by Crippen LogP contribution is -2.40. The molecule has 2 amide bonds. The Morgan fingerprint density at radius 1 is 0.889 bits per heavy atom. The topological polar surface area (TPSA) is 93.6 Å². The second-order valence-electron chi connectivity index (χ2n) is 12.8. The summed E-state index contributed by atoms with van der Waals surface area (Å²) in [7, 11) is 0. The number of halogens is 1. The van der Waals surface area contributed by atoms with Crippen LogP contribution >= 0.6 is 15.9 Å². The van der Waals surface area contributed by atoms with Crippen molar-refractivity contribution in [3.8, 4) is 11.3 Å². The van der Waals surface area contributed by atoms with Crippen LogP contribution in [0.15, 0.2) is 83.4 Å². The van der Waals surface area contributed by atoms with Gasteiger partial charge in [0, 0.05) is 21.0 Å². The number of imide groups is 1. The van der Waals surface area contributed by atoms with Crippen molar-refractivity contribution < 1.29 is 23.9 Å². The Labute approximate surface area is 268 Å². The largest absolute Gasteiger partial charge is 0.454 e. The van der Waals surface area contributed by atoms with E-state index in [2.05, 4.69) is 28.1 Å². The van der Waals surface area contributed by atoms with E-state index in [4.69, 9.17) is 9.72 Å². The average Bonchev–Trinajstić information content (AvgIpc) is 3.82. The van der Waals surface area contributed by atoms with E-state index in [1.807, 2.05) is 50.2 Å². The third kappa shape index (κ3) is 4.49. The molecule has 5 aliphatic rings. The van der Waals surface area contributed by atoms with E-state index < -0.39 is 5.97 Å².